The van der Waals surface area contributed by atoms with E-state index in [0.717, 1.165) is 31.3 Å². The van der Waals surface area contributed by atoms with E-state index in [9.17, 15) is 19.2 Å². The van der Waals surface area contributed by atoms with Crippen LogP contribution in [0.25, 0.3) is 0 Å². The van der Waals surface area contributed by atoms with Gasteiger partial charge in [-0.2, -0.15) is 0 Å². The van der Waals surface area contributed by atoms with Crippen LogP contribution < -0.4 is 10.6 Å². The van der Waals surface area contributed by atoms with Gasteiger partial charge < -0.3 is 5.32 Å². The van der Waals surface area contributed by atoms with Crippen LogP contribution in [0.2, 0.25) is 0 Å². The van der Waals surface area contributed by atoms with E-state index < -0.39 is 17.9 Å². The molecule has 8 heteroatoms. The van der Waals surface area contributed by atoms with Crippen LogP contribution in [0.3, 0.4) is 0 Å². The molecule has 3 rings (SSSR count). The molecule has 0 aromatic carbocycles. The molecule has 0 saturated carbocycles. The van der Waals surface area contributed by atoms with E-state index in [4.69, 9.17) is 0 Å². The summed E-state index contributed by atoms with van der Waals surface area (Å²) in [6.07, 6.45) is 10.8. The molecule has 3 atom stereocenters. The van der Waals surface area contributed by atoms with E-state index in [1.807, 2.05) is 18.2 Å². The molecule has 0 radical (unpaired) electrons. The number of hydrogen-bond acceptors (Lipinski definition) is 5. The van der Waals surface area contributed by atoms with Gasteiger partial charge >= 0.3 is 0 Å². The summed E-state index contributed by atoms with van der Waals surface area (Å²) in [6, 6.07) is -1.03. The normalized spacial score (nSPS) is 26.0. The highest BCUT2D eigenvalue weighted by atomic mass is 16.2. The van der Waals surface area contributed by atoms with Gasteiger partial charge in [-0.05, 0) is 25.3 Å². The fourth-order valence-corrected chi connectivity index (χ4v) is 4.09. The number of carbonyl (C=O) groups excluding carboxylic acids is 4. The third-order valence-corrected chi connectivity index (χ3v) is 5.75. The van der Waals surface area contributed by atoms with Crippen molar-refractivity contribution in [2.45, 2.75) is 70.9 Å². The number of rotatable bonds is 8. The first-order chi connectivity index (χ1) is 14.4. The van der Waals surface area contributed by atoms with Gasteiger partial charge in [0.2, 0.25) is 23.6 Å². The van der Waals surface area contributed by atoms with Gasteiger partial charge in [-0.3, -0.25) is 34.4 Å². The van der Waals surface area contributed by atoms with E-state index in [1.165, 1.54) is 4.90 Å². The van der Waals surface area contributed by atoms with Crippen LogP contribution >= 0.6 is 0 Å². The Hall–Kier alpha value is -2.77. The number of fused-ring (bicyclic) bond motifs is 1. The van der Waals surface area contributed by atoms with Crippen LogP contribution in [0.4, 0.5) is 0 Å². The molecule has 0 bridgehead atoms. The minimum atomic E-state index is -0.717. The van der Waals surface area contributed by atoms with Gasteiger partial charge in [0.05, 0.1) is 12.0 Å². The SMILES string of the molecule is CCCCCCC(=O)NCC1=CC2C(=O)N(C3CCC(=O)NC3=O)C(C)=NC2C=C1. The van der Waals surface area contributed by atoms with Crippen molar-refractivity contribution in [1.29, 1.82) is 0 Å². The molecule has 8 nitrogen and oxygen atoms in total. The molecule has 1 saturated heterocycles. The van der Waals surface area contributed by atoms with Gasteiger partial charge in [0.25, 0.3) is 0 Å². The molecule has 2 aliphatic heterocycles. The zero-order valence-corrected chi connectivity index (χ0v) is 17.6. The highest BCUT2D eigenvalue weighted by molar-refractivity contribution is 6.08. The number of aliphatic imine (C=N–C) groups is 1. The van der Waals surface area contributed by atoms with E-state index >= 15 is 0 Å². The molecule has 30 heavy (non-hydrogen) atoms. The maximum absolute atomic E-state index is 13.2. The molecule has 0 aromatic heterocycles. The minimum absolute atomic E-state index is 0.0107. The van der Waals surface area contributed by atoms with Crippen LogP contribution in [0, 0.1) is 5.92 Å². The molecule has 1 fully saturated rings. The molecular weight excluding hydrogens is 384 g/mol. The maximum Gasteiger partial charge on any atom is 0.249 e. The lowest BCUT2D eigenvalue weighted by atomic mass is 9.87. The van der Waals surface area contributed by atoms with Gasteiger partial charge in [0.15, 0.2) is 0 Å². The first-order valence-corrected chi connectivity index (χ1v) is 10.8. The number of piperidine rings is 1. The summed E-state index contributed by atoms with van der Waals surface area (Å²) in [6.45, 7) is 4.21. The number of nitrogens with one attached hydrogen (secondary N) is 2. The first-order valence-electron chi connectivity index (χ1n) is 10.8. The second-order valence-corrected chi connectivity index (χ2v) is 8.06. The van der Waals surface area contributed by atoms with Crippen molar-refractivity contribution in [2.24, 2.45) is 10.9 Å². The zero-order valence-electron chi connectivity index (χ0n) is 17.6. The zero-order chi connectivity index (χ0) is 21.7. The third kappa shape index (κ3) is 5.04. The summed E-state index contributed by atoms with van der Waals surface area (Å²) in [5.74, 6) is -0.996. The molecule has 3 unspecified atom stereocenters. The lowest BCUT2D eigenvalue weighted by Crippen LogP contribution is -2.59. The Morgan fingerprint density at radius 1 is 1.27 bits per heavy atom. The van der Waals surface area contributed by atoms with E-state index in [2.05, 4.69) is 22.5 Å². The minimum Gasteiger partial charge on any atom is -0.352 e. The Balaban J connectivity index is 1.63. The highest BCUT2D eigenvalue weighted by Crippen LogP contribution is 2.29. The van der Waals surface area contributed by atoms with Gasteiger partial charge in [0.1, 0.15) is 11.9 Å². The smallest absolute Gasteiger partial charge is 0.249 e. The maximum atomic E-state index is 13.2. The van der Waals surface area contributed by atoms with Crippen molar-refractivity contribution in [3.05, 3.63) is 23.8 Å². The Morgan fingerprint density at radius 2 is 2.07 bits per heavy atom. The summed E-state index contributed by atoms with van der Waals surface area (Å²) in [5.41, 5.74) is 0.851. The van der Waals surface area contributed by atoms with Crippen molar-refractivity contribution < 1.29 is 19.2 Å². The van der Waals surface area contributed by atoms with Crippen LogP contribution in [0.1, 0.15) is 58.8 Å². The number of hydrogen-bond donors (Lipinski definition) is 2. The molecule has 0 aromatic rings. The van der Waals surface area contributed by atoms with Crippen molar-refractivity contribution in [3.8, 4) is 0 Å². The van der Waals surface area contributed by atoms with Gasteiger partial charge in [-0.25, -0.2) is 0 Å². The topological polar surface area (TPSA) is 108 Å². The van der Waals surface area contributed by atoms with Crippen molar-refractivity contribution in [1.82, 2.24) is 15.5 Å². The number of amides is 4. The number of carbonyl (C=O) groups is 4. The quantitative estimate of drug-likeness (QED) is 0.465. The van der Waals surface area contributed by atoms with Crippen LogP contribution in [0.5, 0.6) is 0 Å². The number of nitrogens with zero attached hydrogens (tertiary/aromatic N) is 2. The first kappa shape index (κ1) is 21.9. The summed E-state index contributed by atoms with van der Waals surface area (Å²) in [7, 11) is 0. The predicted molar refractivity (Wildman–Crippen MR) is 112 cm³/mol. The fraction of sp³-hybridized carbons (Fsp3) is 0.591. The summed E-state index contributed by atoms with van der Waals surface area (Å²) in [4.78, 5) is 54.9. The van der Waals surface area contributed by atoms with Crippen molar-refractivity contribution in [3.63, 3.8) is 0 Å². The average Bonchev–Trinajstić information content (AvgIpc) is 2.71. The van der Waals surface area contributed by atoms with E-state index in [-0.39, 0.29) is 30.2 Å². The van der Waals surface area contributed by atoms with Crippen LogP contribution in [0.15, 0.2) is 28.8 Å². The molecule has 2 heterocycles. The monoisotopic (exact) mass is 414 g/mol. The van der Waals surface area contributed by atoms with Crippen molar-refractivity contribution >= 4 is 29.5 Å². The molecule has 3 aliphatic rings. The number of imide groups is 1. The Morgan fingerprint density at radius 3 is 2.80 bits per heavy atom. The Kier molecular flexibility index (Phi) is 7.18. The fourth-order valence-electron chi connectivity index (χ4n) is 4.09. The van der Waals surface area contributed by atoms with Gasteiger partial charge in [0, 0.05) is 19.4 Å². The molecule has 162 valence electrons. The predicted octanol–water partition coefficient (Wildman–Crippen LogP) is 1.62. The number of amidine groups is 1. The molecule has 4 amide bonds. The largest absolute Gasteiger partial charge is 0.352 e. The standard InChI is InChI=1S/C22H30N4O4/c1-3-4-5-6-7-19(27)23-13-15-8-9-17-16(12-15)22(30)26(14(2)24-17)18-10-11-20(28)25-21(18)29/h8-9,12,16-18H,3-7,10-11,13H2,1-2H3,(H,23,27)(H,25,28,29). The van der Waals surface area contributed by atoms with Gasteiger partial charge in [-0.1, -0.05) is 44.4 Å². The summed E-state index contributed by atoms with van der Waals surface area (Å²) in [5, 5.41) is 5.22. The third-order valence-electron chi connectivity index (χ3n) is 5.75. The van der Waals surface area contributed by atoms with Gasteiger partial charge in [-0.15, -0.1) is 0 Å². The number of unbranched alkanes of at least 4 members (excludes halogenated alkanes) is 3. The van der Waals surface area contributed by atoms with Crippen LogP contribution in [-0.2, 0) is 19.2 Å². The Labute approximate surface area is 176 Å². The highest BCUT2D eigenvalue weighted by Gasteiger charge is 2.43. The molecular formula is C22H30N4O4. The van der Waals surface area contributed by atoms with E-state index in [0.29, 0.717) is 25.2 Å². The average molecular weight is 415 g/mol. The lowest BCUT2D eigenvalue weighted by molar-refractivity contribution is -0.144. The van der Waals surface area contributed by atoms with Crippen molar-refractivity contribution in [2.75, 3.05) is 6.54 Å². The molecule has 0 spiro atoms. The van der Waals surface area contributed by atoms with E-state index in [1.54, 1.807) is 6.92 Å². The van der Waals surface area contributed by atoms with Crippen LogP contribution in [-0.4, -0.2) is 53.0 Å². The second kappa shape index (κ2) is 9.82. The summed E-state index contributed by atoms with van der Waals surface area (Å²) >= 11 is 0. The lowest BCUT2D eigenvalue weighted by Gasteiger charge is -2.39. The second-order valence-electron chi connectivity index (χ2n) is 8.06. The Bertz CT molecular complexity index is 814. The summed E-state index contributed by atoms with van der Waals surface area (Å²) < 4.78 is 0. The molecule has 2 N–H and O–H groups in total. The molecule has 1 aliphatic carbocycles.